The highest BCUT2D eigenvalue weighted by molar-refractivity contribution is 6.11. The average molecular weight is 237 g/mol. The first-order chi connectivity index (χ1) is 8.81. The second-order valence-electron chi connectivity index (χ2n) is 4.19. The van der Waals surface area contributed by atoms with E-state index in [4.69, 9.17) is 0 Å². The van der Waals surface area contributed by atoms with Crippen molar-refractivity contribution in [3.63, 3.8) is 0 Å². The molecule has 3 heteroatoms. The molecule has 18 heavy (non-hydrogen) atoms. The molecule has 3 nitrogen and oxygen atoms in total. The third kappa shape index (κ3) is 1.52. The number of aromatic nitrogens is 1. The molecule has 0 unspecified atom stereocenters. The van der Waals surface area contributed by atoms with Gasteiger partial charge in [0.25, 0.3) is 0 Å². The molecular formula is C15H11NO2. The highest BCUT2D eigenvalue weighted by Crippen LogP contribution is 2.24. The smallest absolute Gasteiger partial charge is 0.209 e. The standard InChI is InChI=1S/C15H11NO2/c17-10-12-8-9-16-13(12)6-7-14(16)15(18)11-4-2-1-3-5-11/h1-8,10H,9H2. The molecule has 1 aromatic carbocycles. The number of fused-ring (bicyclic) bond motifs is 1. The largest absolute Gasteiger partial charge is 0.334 e. The van der Waals surface area contributed by atoms with Crippen LogP contribution in [0.5, 0.6) is 0 Å². The highest BCUT2D eigenvalue weighted by Gasteiger charge is 2.20. The molecule has 2 aromatic rings. The van der Waals surface area contributed by atoms with Gasteiger partial charge in [-0.05, 0) is 12.1 Å². The zero-order valence-electron chi connectivity index (χ0n) is 9.67. The minimum atomic E-state index is -0.0117. The molecule has 0 bridgehead atoms. The lowest BCUT2D eigenvalue weighted by Gasteiger charge is -2.05. The van der Waals surface area contributed by atoms with Gasteiger partial charge in [-0.25, -0.2) is 0 Å². The van der Waals surface area contributed by atoms with E-state index in [0.717, 1.165) is 12.0 Å². The van der Waals surface area contributed by atoms with Gasteiger partial charge in [0.1, 0.15) is 0 Å². The van der Waals surface area contributed by atoms with Crippen LogP contribution < -0.4 is 0 Å². The van der Waals surface area contributed by atoms with E-state index in [1.807, 2.05) is 34.9 Å². The molecule has 1 aromatic heterocycles. The molecule has 0 saturated heterocycles. The summed E-state index contributed by atoms with van der Waals surface area (Å²) in [5.41, 5.74) is 2.77. The van der Waals surface area contributed by atoms with Gasteiger partial charge in [0, 0.05) is 17.7 Å². The third-order valence-corrected chi connectivity index (χ3v) is 3.17. The van der Waals surface area contributed by atoms with E-state index in [-0.39, 0.29) is 5.78 Å². The lowest BCUT2D eigenvalue weighted by atomic mass is 10.1. The molecule has 2 heterocycles. The van der Waals surface area contributed by atoms with Crippen LogP contribution in [0.1, 0.15) is 21.7 Å². The Bertz CT molecular complexity index is 650. The maximum absolute atomic E-state index is 12.3. The van der Waals surface area contributed by atoms with Crippen molar-refractivity contribution < 1.29 is 9.59 Å². The van der Waals surface area contributed by atoms with Crippen LogP contribution in [0.15, 0.2) is 48.5 Å². The maximum atomic E-state index is 12.3. The Morgan fingerprint density at radius 1 is 1.11 bits per heavy atom. The van der Waals surface area contributed by atoms with Gasteiger partial charge in [0.2, 0.25) is 5.78 Å². The van der Waals surface area contributed by atoms with Crippen LogP contribution in [0.4, 0.5) is 0 Å². The number of ketones is 1. The summed E-state index contributed by atoms with van der Waals surface area (Å²) in [6, 6.07) is 12.8. The number of allylic oxidation sites excluding steroid dienone is 2. The van der Waals surface area contributed by atoms with Crippen LogP contribution in [-0.2, 0) is 11.3 Å². The van der Waals surface area contributed by atoms with Crippen LogP contribution in [0, 0.1) is 0 Å². The number of hydrogen-bond acceptors (Lipinski definition) is 2. The van der Waals surface area contributed by atoms with Crippen LogP contribution in [0.25, 0.3) is 5.57 Å². The second-order valence-corrected chi connectivity index (χ2v) is 4.19. The molecule has 1 aliphatic heterocycles. The fraction of sp³-hybridized carbons (Fsp3) is 0.0667. The number of hydrogen-bond donors (Lipinski definition) is 0. The van der Waals surface area contributed by atoms with E-state index in [1.54, 1.807) is 18.2 Å². The molecule has 3 rings (SSSR count). The zero-order valence-corrected chi connectivity index (χ0v) is 9.67. The predicted octanol–water partition coefficient (Wildman–Crippen LogP) is 2.32. The van der Waals surface area contributed by atoms with Gasteiger partial charge in [-0.3, -0.25) is 9.59 Å². The molecule has 0 spiro atoms. The van der Waals surface area contributed by atoms with Crippen LogP contribution in [0.3, 0.4) is 0 Å². The van der Waals surface area contributed by atoms with E-state index in [0.29, 0.717) is 23.4 Å². The number of rotatable bonds is 3. The van der Waals surface area contributed by atoms with Crippen molar-refractivity contribution >= 4 is 17.6 Å². The Hall–Kier alpha value is -2.42. The lowest BCUT2D eigenvalue weighted by molar-refractivity contribution is -0.103. The third-order valence-electron chi connectivity index (χ3n) is 3.17. The molecule has 0 aliphatic carbocycles. The van der Waals surface area contributed by atoms with E-state index in [1.165, 1.54) is 0 Å². The molecule has 88 valence electrons. The van der Waals surface area contributed by atoms with Gasteiger partial charge < -0.3 is 4.57 Å². The average Bonchev–Trinajstić information content (AvgIpc) is 2.99. The Kier molecular flexibility index (Phi) is 2.45. The van der Waals surface area contributed by atoms with E-state index < -0.39 is 0 Å². The fourth-order valence-corrected chi connectivity index (χ4v) is 2.25. The summed E-state index contributed by atoms with van der Waals surface area (Å²) in [5.74, 6) is -0.0117. The van der Waals surface area contributed by atoms with Crippen molar-refractivity contribution in [1.82, 2.24) is 4.57 Å². The van der Waals surface area contributed by atoms with Crippen molar-refractivity contribution in [1.29, 1.82) is 0 Å². The van der Waals surface area contributed by atoms with E-state index in [9.17, 15) is 9.59 Å². The van der Waals surface area contributed by atoms with Gasteiger partial charge in [0.15, 0.2) is 6.29 Å². The lowest BCUT2D eigenvalue weighted by Crippen LogP contribution is -2.09. The van der Waals surface area contributed by atoms with Crippen molar-refractivity contribution in [2.75, 3.05) is 0 Å². The van der Waals surface area contributed by atoms with Crippen molar-refractivity contribution in [3.05, 3.63) is 65.5 Å². The number of aldehydes is 1. The Morgan fingerprint density at radius 2 is 1.89 bits per heavy atom. The normalized spacial score (nSPS) is 13.0. The van der Waals surface area contributed by atoms with Crippen molar-refractivity contribution in [3.8, 4) is 0 Å². The molecular weight excluding hydrogens is 226 g/mol. The quantitative estimate of drug-likeness (QED) is 0.607. The first-order valence-corrected chi connectivity index (χ1v) is 5.76. The topological polar surface area (TPSA) is 39.1 Å². The van der Waals surface area contributed by atoms with Crippen molar-refractivity contribution in [2.24, 2.45) is 0 Å². The summed E-state index contributed by atoms with van der Waals surface area (Å²) in [6.45, 7) is 0.588. The van der Waals surface area contributed by atoms with Gasteiger partial charge in [0.05, 0.1) is 11.4 Å². The summed E-state index contributed by atoms with van der Waals surface area (Å²) < 4.78 is 1.87. The molecule has 0 fully saturated rings. The van der Waals surface area contributed by atoms with Crippen LogP contribution in [-0.4, -0.2) is 16.6 Å². The molecule has 0 atom stereocenters. The summed E-state index contributed by atoms with van der Waals surface area (Å²) in [4.78, 5) is 23.2. The number of carbonyl (C=O) groups excluding carboxylic acids is 2. The van der Waals surface area contributed by atoms with Gasteiger partial charge >= 0.3 is 0 Å². The fourth-order valence-electron chi connectivity index (χ4n) is 2.25. The van der Waals surface area contributed by atoms with E-state index >= 15 is 0 Å². The second kappa shape index (κ2) is 4.11. The van der Waals surface area contributed by atoms with Gasteiger partial charge in [-0.2, -0.15) is 0 Å². The van der Waals surface area contributed by atoms with Gasteiger partial charge in [-0.1, -0.05) is 36.4 Å². The number of nitrogens with zero attached hydrogens (tertiary/aromatic N) is 1. The molecule has 0 radical (unpaired) electrons. The predicted molar refractivity (Wildman–Crippen MR) is 68.3 cm³/mol. The molecule has 0 saturated carbocycles. The molecule has 1 aliphatic rings. The van der Waals surface area contributed by atoms with E-state index in [2.05, 4.69) is 0 Å². The monoisotopic (exact) mass is 237 g/mol. The highest BCUT2D eigenvalue weighted by atomic mass is 16.1. The Balaban J connectivity index is 2.02. The Morgan fingerprint density at radius 3 is 2.61 bits per heavy atom. The van der Waals surface area contributed by atoms with Crippen LogP contribution >= 0.6 is 0 Å². The summed E-state index contributed by atoms with van der Waals surface area (Å²) in [5, 5.41) is 0. The maximum Gasteiger partial charge on any atom is 0.209 e. The SMILES string of the molecule is O=CC1=CCn2c(C(=O)c3ccccc3)ccc21. The molecule has 0 amide bonds. The van der Waals surface area contributed by atoms with Crippen molar-refractivity contribution in [2.45, 2.75) is 6.54 Å². The Labute approximate surface area is 104 Å². The van der Waals surface area contributed by atoms with Crippen LogP contribution in [0.2, 0.25) is 0 Å². The summed E-state index contributed by atoms with van der Waals surface area (Å²) in [7, 11) is 0. The zero-order chi connectivity index (χ0) is 12.5. The summed E-state index contributed by atoms with van der Waals surface area (Å²) in [6.07, 6.45) is 2.67. The van der Waals surface area contributed by atoms with Gasteiger partial charge in [-0.15, -0.1) is 0 Å². The number of carbonyl (C=O) groups is 2. The minimum Gasteiger partial charge on any atom is -0.334 e. The first kappa shape index (κ1) is 10.7. The summed E-state index contributed by atoms with van der Waals surface area (Å²) >= 11 is 0. The first-order valence-electron chi connectivity index (χ1n) is 5.76. The molecule has 0 N–H and O–H groups in total. The number of benzene rings is 1. The minimum absolute atomic E-state index is 0.0117.